The second-order valence-corrected chi connectivity index (χ2v) is 5.27. The number of halogens is 1. The lowest BCUT2D eigenvalue weighted by molar-refractivity contribution is 0.628. The van der Waals surface area contributed by atoms with Crippen molar-refractivity contribution in [2.45, 2.75) is 19.8 Å². The van der Waals surface area contributed by atoms with Gasteiger partial charge in [0.25, 0.3) is 0 Å². The first-order valence-electron chi connectivity index (χ1n) is 6.48. The molecule has 0 aliphatic carbocycles. The molecule has 0 amide bonds. The predicted molar refractivity (Wildman–Crippen MR) is 86.8 cm³/mol. The van der Waals surface area contributed by atoms with E-state index < -0.39 is 0 Å². The van der Waals surface area contributed by atoms with Crippen LogP contribution < -0.4 is 10.6 Å². The molecule has 2 aromatic carbocycles. The Morgan fingerprint density at radius 2 is 1.65 bits per heavy atom. The zero-order valence-corrected chi connectivity index (χ0v) is 12.3. The molecule has 0 aliphatic heterocycles. The average Bonchev–Trinajstić information content (AvgIpc) is 2.41. The van der Waals surface area contributed by atoms with Gasteiger partial charge in [0.2, 0.25) is 0 Å². The van der Waals surface area contributed by atoms with Crippen molar-refractivity contribution in [2.24, 2.45) is 0 Å². The van der Waals surface area contributed by atoms with E-state index in [-0.39, 0.29) is 5.82 Å². The lowest BCUT2D eigenvalue weighted by atomic mass is 10.0. The number of anilines is 2. The van der Waals surface area contributed by atoms with Crippen molar-refractivity contribution in [1.82, 2.24) is 0 Å². The van der Waals surface area contributed by atoms with Gasteiger partial charge < -0.3 is 10.6 Å². The monoisotopic (exact) mass is 288 g/mol. The van der Waals surface area contributed by atoms with Crippen LogP contribution in [-0.2, 0) is 0 Å². The molecular weight excluding hydrogens is 271 g/mol. The van der Waals surface area contributed by atoms with Gasteiger partial charge in [-0.2, -0.15) is 0 Å². The van der Waals surface area contributed by atoms with Gasteiger partial charge in [-0.25, -0.2) is 4.39 Å². The van der Waals surface area contributed by atoms with E-state index in [1.165, 1.54) is 17.7 Å². The van der Waals surface area contributed by atoms with E-state index in [9.17, 15) is 4.39 Å². The van der Waals surface area contributed by atoms with E-state index in [1.807, 2.05) is 12.1 Å². The Kier molecular flexibility index (Phi) is 4.69. The van der Waals surface area contributed by atoms with Crippen LogP contribution in [0.1, 0.15) is 25.3 Å². The molecular formula is C16H17FN2S. The van der Waals surface area contributed by atoms with Crippen molar-refractivity contribution >= 4 is 28.7 Å². The minimum Gasteiger partial charge on any atom is -0.332 e. The molecule has 0 saturated carbocycles. The molecule has 2 aromatic rings. The van der Waals surface area contributed by atoms with Gasteiger partial charge in [-0.1, -0.05) is 26.0 Å². The average molecular weight is 288 g/mol. The summed E-state index contributed by atoms with van der Waals surface area (Å²) in [4.78, 5) is 0. The summed E-state index contributed by atoms with van der Waals surface area (Å²) in [7, 11) is 0. The molecule has 20 heavy (non-hydrogen) atoms. The van der Waals surface area contributed by atoms with E-state index in [2.05, 4.69) is 36.6 Å². The summed E-state index contributed by atoms with van der Waals surface area (Å²) in [6.07, 6.45) is 0. The maximum Gasteiger partial charge on any atom is 0.175 e. The van der Waals surface area contributed by atoms with Crippen LogP contribution in [-0.4, -0.2) is 5.11 Å². The Morgan fingerprint density at radius 1 is 1.00 bits per heavy atom. The van der Waals surface area contributed by atoms with Crippen LogP contribution >= 0.6 is 12.2 Å². The van der Waals surface area contributed by atoms with Gasteiger partial charge in [0.05, 0.1) is 0 Å². The fraction of sp³-hybridized carbons (Fsp3) is 0.188. The van der Waals surface area contributed by atoms with E-state index in [1.54, 1.807) is 12.1 Å². The van der Waals surface area contributed by atoms with Crippen LogP contribution in [0.25, 0.3) is 0 Å². The summed E-state index contributed by atoms with van der Waals surface area (Å²) in [6, 6.07) is 14.2. The fourth-order valence-corrected chi connectivity index (χ4v) is 2.04. The van der Waals surface area contributed by atoms with E-state index >= 15 is 0 Å². The third-order valence-corrected chi connectivity index (χ3v) is 3.12. The quantitative estimate of drug-likeness (QED) is 0.796. The smallest absolute Gasteiger partial charge is 0.175 e. The fourth-order valence-electron chi connectivity index (χ4n) is 1.80. The Bertz CT molecular complexity index is 594. The molecule has 2 nitrogen and oxygen atoms in total. The normalized spacial score (nSPS) is 10.4. The van der Waals surface area contributed by atoms with Crippen LogP contribution in [0.5, 0.6) is 0 Å². The standard InChI is InChI=1S/C16H17FN2S/c1-11(2)12-4-3-5-15(10-12)19-16(20)18-14-8-6-13(17)7-9-14/h3-11H,1-2H3,(H2,18,19,20). The lowest BCUT2D eigenvalue weighted by Gasteiger charge is -2.12. The summed E-state index contributed by atoms with van der Waals surface area (Å²) >= 11 is 5.24. The first kappa shape index (κ1) is 14.5. The Labute approximate surface area is 124 Å². The van der Waals surface area contributed by atoms with Gasteiger partial charge in [0, 0.05) is 11.4 Å². The van der Waals surface area contributed by atoms with Crippen molar-refractivity contribution in [1.29, 1.82) is 0 Å². The predicted octanol–water partition coefficient (Wildman–Crippen LogP) is 4.76. The van der Waals surface area contributed by atoms with Crippen molar-refractivity contribution in [3.63, 3.8) is 0 Å². The zero-order valence-electron chi connectivity index (χ0n) is 11.5. The van der Waals surface area contributed by atoms with E-state index in [0.29, 0.717) is 11.0 Å². The Morgan fingerprint density at radius 3 is 2.30 bits per heavy atom. The van der Waals surface area contributed by atoms with Crippen molar-refractivity contribution < 1.29 is 4.39 Å². The first-order chi connectivity index (χ1) is 9.54. The second kappa shape index (κ2) is 6.48. The van der Waals surface area contributed by atoms with Crippen LogP contribution in [0.2, 0.25) is 0 Å². The van der Waals surface area contributed by atoms with Crippen LogP contribution in [0.4, 0.5) is 15.8 Å². The molecule has 0 unspecified atom stereocenters. The number of hydrogen-bond donors (Lipinski definition) is 2. The topological polar surface area (TPSA) is 24.1 Å². The van der Waals surface area contributed by atoms with Crippen molar-refractivity contribution in [3.05, 3.63) is 59.9 Å². The van der Waals surface area contributed by atoms with Crippen molar-refractivity contribution in [3.8, 4) is 0 Å². The summed E-state index contributed by atoms with van der Waals surface area (Å²) in [5, 5.41) is 6.63. The van der Waals surface area contributed by atoms with E-state index in [0.717, 1.165) is 11.4 Å². The summed E-state index contributed by atoms with van der Waals surface area (Å²) < 4.78 is 12.8. The molecule has 0 fully saturated rings. The minimum absolute atomic E-state index is 0.265. The Hall–Kier alpha value is -1.94. The number of nitrogens with one attached hydrogen (secondary N) is 2. The molecule has 2 rings (SSSR count). The number of hydrogen-bond acceptors (Lipinski definition) is 1. The van der Waals surface area contributed by atoms with Crippen LogP contribution in [0.3, 0.4) is 0 Å². The molecule has 0 aromatic heterocycles. The maximum absolute atomic E-state index is 12.8. The molecule has 0 radical (unpaired) electrons. The number of rotatable bonds is 3. The molecule has 4 heteroatoms. The van der Waals surface area contributed by atoms with Crippen LogP contribution in [0, 0.1) is 5.82 Å². The van der Waals surface area contributed by atoms with Crippen LogP contribution in [0.15, 0.2) is 48.5 Å². The molecule has 0 aliphatic rings. The van der Waals surface area contributed by atoms with E-state index in [4.69, 9.17) is 12.2 Å². The summed E-state index contributed by atoms with van der Waals surface area (Å²) in [5.41, 5.74) is 2.94. The minimum atomic E-state index is -0.265. The molecule has 0 saturated heterocycles. The second-order valence-electron chi connectivity index (χ2n) is 4.87. The molecule has 0 atom stereocenters. The molecule has 0 heterocycles. The molecule has 0 bridgehead atoms. The molecule has 104 valence electrons. The highest BCUT2D eigenvalue weighted by atomic mass is 32.1. The lowest BCUT2D eigenvalue weighted by Crippen LogP contribution is -2.19. The third-order valence-electron chi connectivity index (χ3n) is 2.91. The molecule has 2 N–H and O–H groups in total. The highest BCUT2D eigenvalue weighted by Crippen LogP contribution is 2.18. The largest absolute Gasteiger partial charge is 0.332 e. The highest BCUT2D eigenvalue weighted by Gasteiger charge is 2.02. The zero-order chi connectivity index (χ0) is 14.5. The molecule has 0 spiro atoms. The first-order valence-corrected chi connectivity index (χ1v) is 6.89. The van der Waals surface area contributed by atoms with Crippen molar-refractivity contribution in [2.75, 3.05) is 10.6 Å². The summed E-state index contributed by atoms with van der Waals surface area (Å²) in [6.45, 7) is 4.29. The number of benzene rings is 2. The van der Waals surface area contributed by atoms with Gasteiger partial charge >= 0.3 is 0 Å². The summed E-state index contributed by atoms with van der Waals surface area (Å²) in [5.74, 6) is 0.203. The third kappa shape index (κ3) is 4.03. The number of thiocarbonyl (C=S) groups is 1. The Balaban J connectivity index is 2.01. The van der Waals surface area contributed by atoms with Gasteiger partial charge in [-0.3, -0.25) is 0 Å². The highest BCUT2D eigenvalue weighted by molar-refractivity contribution is 7.80. The van der Waals surface area contributed by atoms with Gasteiger partial charge in [-0.05, 0) is 60.1 Å². The van der Waals surface area contributed by atoms with Gasteiger partial charge in [0.15, 0.2) is 5.11 Å². The van der Waals surface area contributed by atoms with Gasteiger partial charge in [-0.15, -0.1) is 0 Å². The maximum atomic E-state index is 12.8. The van der Waals surface area contributed by atoms with Gasteiger partial charge in [0.1, 0.15) is 5.82 Å². The SMILES string of the molecule is CC(C)c1cccc(NC(=S)Nc2ccc(F)cc2)c1.